The SMILES string of the molecule is CCOc1cccc2sc(N(CCCN3CCOCC3)C(=O)c3ccccc3I)nc12.Cl. The summed E-state index contributed by atoms with van der Waals surface area (Å²) < 4.78 is 13.2. The first kappa shape index (κ1) is 25.2. The second-order valence-corrected chi connectivity index (χ2v) is 9.45. The van der Waals surface area contributed by atoms with E-state index in [9.17, 15) is 4.79 Å². The standard InChI is InChI=1S/C23H26IN3O3S.ClH/c1-2-30-19-9-5-10-20-21(19)25-23(31-20)27(12-6-11-26-13-15-29-16-14-26)22(28)17-7-3-4-8-18(17)24;/h3-5,7-10H,2,6,11-16H2,1H3;1H. The summed E-state index contributed by atoms with van der Waals surface area (Å²) in [6, 6.07) is 13.6. The summed E-state index contributed by atoms with van der Waals surface area (Å²) in [5, 5.41) is 0.716. The molecule has 3 aromatic rings. The first-order valence-electron chi connectivity index (χ1n) is 10.6. The van der Waals surface area contributed by atoms with Gasteiger partial charge in [0, 0.05) is 29.7 Å². The molecule has 0 N–H and O–H groups in total. The van der Waals surface area contributed by atoms with Crippen LogP contribution >= 0.6 is 46.3 Å². The van der Waals surface area contributed by atoms with E-state index in [0.29, 0.717) is 23.8 Å². The average Bonchev–Trinajstić information content (AvgIpc) is 3.22. The zero-order valence-electron chi connectivity index (χ0n) is 18.0. The summed E-state index contributed by atoms with van der Waals surface area (Å²) in [5.74, 6) is 0.751. The van der Waals surface area contributed by atoms with Gasteiger partial charge < -0.3 is 9.47 Å². The zero-order valence-corrected chi connectivity index (χ0v) is 21.7. The highest BCUT2D eigenvalue weighted by molar-refractivity contribution is 14.1. The third kappa shape index (κ3) is 5.91. The molecule has 0 aliphatic carbocycles. The van der Waals surface area contributed by atoms with Gasteiger partial charge >= 0.3 is 0 Å². The first-order valence-corrected chi connectivity index (χ1v) is 12.5. The van der Waals surface area contributed by atoms with Gasteiger partial charge in [0.05, 0.1) is 30.1 Å². The number of carbonyl (C=O) groups excluding carboxylic acids is 1. The number of fused-ring (bicyclic) bond motifs is 1. The quantitative estimate of drug-likeness (QED) is 0.344. The van der Waals surface area contributed by atoms with E-state index in [4.69, 9.17) is 14.5 Å². The van der Waals surface area contributed by atoms with Crippen molar-refractivity contribution in [3.8, 4) is 5.75 Å². The fraction of sp³-hybridized carbons (Fsp3) is 0.391. The number of benzene rings is 2. The minimum absolute atomic E-state index is 0. The van der Waals surface area contributed by atoms with E-state index in [-0.39, 0.29) is 18.3 Å². The fourth-order valence-electron chi connectivity index (χ4n) is 3.64. The van der Waals surface area contributed by atoms with Crippen LogP contribution in [-0.2, 0) is 4.74 Å². The smallest absolute Gasteiger partial charge is 0.261 e. The van der Waals surface area contributed by atoms with Crippen LogP contribution in [0.5, 0.6) is 5.75 Å². The molecular formula is C23H27ClIN3O3S. The molecule has 0 atom stereocenters. The van der Waals surface area contributed by atoms with E-state index >= 15 is 0 Å². The lowest BCUT2D eigenvalue weighted by atomic mass is 10.2. The van der Waals surface area contributed by atoms with Crippen LogP contribution < -0.4 is 9.64 Å². The second-order valence-electron chi connectivity index (χ2n) is 7.28. The van der Waals surface area contributed by atoms with Crippen molar-refractivity contribution in [2.24, 2.45) is 0 Å². The molecule has 1 aliphatic heterocycles. The Kier molecular flexibility index (Phi) is 9.54. The molecule has 0 unspecified atom stereocenters. The Morgan fingerprint density at radius 3 is 2.75 bits per heavy atom. The van der Waals surface area contributed by atoms with Gasteiger partial charge in [0.15, 0.2) is 5.13 Å². The summed E-state index contributed by atoms with van der Waals surface area (Å²) in [6.07, 6.45) is 0.878. The number of nitrogens with zero attached hydrogens (tertiary/aromatic N) is 3. The molecule has 1 saturated heterocycles. The highest BCUT2D eigenvalue weighted by atomic mass is 127. The molecule has 1 aliphatic rings. The predicted molar refractivity (Wildman–Crippen MR) is 141 cm³/mol. The Morgan fingerprint density at radius 2 is 2.00 bits per heavy atom. The number of halogens is 2. The summed E-state index contributed by atoms with van der Waals surface area (Å²) in [5.41, 5.74) is 1.52. The maximum atomic E-state index is 13.6. The van der Waals surface area contributed by atoms with E-state index in [0.717, 1.165) is 58.8 Å². The van der Waals surface area contributed by atoms with Crippen LogP contribution in [0.1, 0.15) is 23.7 Å². The van der Waals surface area contributed by atoms with E-state index in [1.54, 1.807) is 0 Å². The lowest BCUT2D eigenvalue weighted by Crippen LogP contribution is -2.39. The predicted octanol–water partition coefficient (Wildman–Crippen LogP) is 5.09. The Bertz CT molecular complexity index is 1040. The van der Waals surface area contributed by atoms with Gasteiger partial charge in [0.2, 0.25) is 0 Å². The number of carbonyl (C=O) groups is 1. The Hall–Kier alpha value is -1.46. The van der Waals surface area contributed by atoms with Crippen LogP contribution in [0.2, 0.25) is 0 Å². The molecule has 0 saturated carbocycles. The van der Waals surface area contributed by atoms with E-state index in [2.05, 4.69) is 27.5 Å². The van der Waals surface area contributed by atoms with Crippen molar-refractivity contribution in [1.29, 1.82) is 0 Å². The second kappa shape index (κ2) is 12.1. The minimum Gasteiger partial charge on any atom is -0.492 e. The summed E-state index contributed by atoms with van der Waals surface area (Å²) >= 11 is 3.76. The number of para-hydroxylation sites is 1. The van der Waals surface area contributed by atoms with Crippen molar-refractivity contribution in [1.82, 2.24) is 9.88 Å². The fourth-order valence-corrected chi connectivity index (χ4v) is 5.27. The number of hydrogen-bond donors (Lipinski definition) is 0. The van der Waals surface area contributed by atoms with Crippen molar-refractivity contribution in [3.63, 3.8) is 0 Å². The number of amides is 1. The molecule has 0 radical (unpaired) electrons. The van der Waals surface area contributed by atoms with E-state index < -0.39 is 0 Å². The number of rotatable bonds is 8. The number of aromatic nitrogens is 1. The van der Waals surface area contributed by atoms with Crippen LogP contribution in [-0.4, -0.2) is 61.8 Å². The molecule has 1 amide bonds. The zero-order chi connectivity index (χ0) is 21.6. The van der Waals surface area contributed by atoms with E-state index in [1.807, 2.05) is 54.3 Å². The monoisotopic (exact) mass is 587 g/mol. The molecule has 0 spiro atoms. The molecule has 6 nitrogen and oxygen atoms in total. The lowest BCUT2D eigenvalue weighted by Gasteiger charge is -2.27. The largest absolute Gasteiger partial charge is 0.492 e. The molecule has 32 heavy (non-hydrogen) atoms. The molecule has 172 valence electrons. The summed E-state index contributed by atoms with van der Waals surface area (Å²) in [6.45, 7) is 7.55. The highest BCUT2D eigenvalue weighted by Crippen LogP contribution is 2.35. The van der Waals surface area contributed by atoms with Crippen molar-refractivity contribution < 1.29 is 14.3 Å². The third-order valence-corrected chi connectivity index (χ3v) is 7.19. The first-order chi connectivity index (χ1) is 15.2. The molecule has 0 bridgehead atoms. The topological polar surface area (TPSA) is 54.9 Å². The van der Waals surface area contributed by atoms with Gasteiger partial charge in [0.25, 0.3) is 5.91 Å². The van der Waals surface area contributed by atoms with Crippen molar-refractivity contribution in [3.05, 3.63) is 51.6 Å². The summed E-state index contributed by atoms with van der Waals surface area (Å²) in [4.78, 5) is 22.6. The highest BCUT2D eigenvalue weighted by Gasteiger charge is 2.24. The molecule has 1 fully saturated rings. The van der Waals surface area contributed by atoms with Crippen LogP contribution in [0.4, 0.5) is 5.13 Å². The van der Waals surface area contributed by atoms with Crippen molar-refractivity contribution in [2.75, 3.05) is 50.9 Å². The Labute approximate surface area is 212 Å². The minimum atomic E-state index is -0.0102. The van der Waals surface area contributed by atoms with Crippen LogP contribution in [0, 0.1) is 3.57 Å². The van der Waals surface area contributed by atoms with Crippen LogP contribution in [0.15, 0.2) is 42.5 Å². The summed E-state index contributed by atoms with van der Waals surface area (Å²) in [7, 11) is 0. The molecule has 2 heterocycles. The van der Waals surface area contributed by atoms with Gasteiger partial charge in [-0.3, -0.25) is 14.6 Å². The molecule has 4 rings (SSSR count). The van der Waals surface area contributed by atoms with Gasteiger partial charge in [-0.25, -0.2) is 4.98 Å². The number of thiazole rings is 1. The van der Waals surface area contributed by atoms with Crippen molar-refractivity contribution >= 4 is 67.6 Å². The maximum Gasteiger partial charge on any atom is 0.261 e. The van der Waals surface area contributed by atoms with Gasteiger partial charge in [-0.15, -0.1) is 12.4 Å². The molecule has 2 aromatic carbocycles. The van der Waals surface area contributed by atoms with Gasteiger partial charge in [-0.1, -0.05) is 29.5 Å². The number of hydrogen-bond acceptors (Lipinski definition) is 6. The van der Waals surface area contributed by atoms with Gasteiger partial charge in [0.1, 0.15) is 11.3 Å². The van der Waals surface area contributed by atoms with E-state index in [1.165, 1.54) is 11.3 Å². The van der Waals surface area contributed by atoms with Crippen molar-refractivity contribution in [2.45, 2.75) is 13.3 Å². The number of morpholine rings is 1. The number of anilines is 1. The third-order valence-electron chi connectivity index (χ3n) is 5.21. The lowest BCUT2D eigenvalue weighted by molar-refractivity contribution is 0.0376. The Morgan fingerprint density at radius 1 is 1.22 bits per heavy atom. The van der Waals surface area contributed by atoms with Crippen LogP contribution in [0.3, 0.4) is 0 Å². The molecule has 9 heteroatoms. The van der Waals surface area contributed by atoms with Crippen LogP contribution in [0.25, 0.3) is 10.2 Å². The molecular weight excluding hydrogens is 561 g/mol. The van der Waals surface area contributed by atoms with Gasteiger partial charge in [-0.05, 0) is 60.2 Å². The number of ether oxygens (including phenoxy) is 2. The van der Waals surface area contributed by atoms with Gasteiger partial charge in [-0.2, -0.15) is 0 Å². The average molecular weight is 588 g/mol. The molecule has 1 aromatic heterocycles. The normalized spacial score (nSPS) is 14.2. The maximum absolute atomic E-state index is 13.6. The Balaban J connectivity index is 0.00000289.